The average molecular weight is 192 g/mol. The number of ether oxygens (including phenoxy) is 1. The van der Waals surface area contributed by atoms with Crippen molar-refractivity contribution < 1.29 is 14.1 Å². The first-order chi connectivity index (χ1) is 6.70. The first-order valence-electron chi connectivity index (χ1n) is 4.40. The summed E-state index contributed by atoms with van der Waals surface area (Å²) in [6.45, 7) is 0.0855. The highest BCUT2D eigenvalue weighted by atomic mass is 16.5. The molecule has 3 heteroatoms. The third-order valence-corrected chi connectivity index (χ3v) is 1.60. The Morgan fingerprint density at radius 3 is 2.57 bits per heavy atom. The van der Waals surface area contributed by atoms with E-state index in [1.54, 1.807) is 16.7 Å². The molecule has 0 N–H and O–H groups in total. The van der Waals surface area contributed by atoms with Crippen molar-refractivity contribution in [3.05, 3.63) is 35.9 Å². The molecular weight excluding hydrogens is 178 g/mol. The zero-order valence-corrected chi connectivity index (χ0v) is 8.43. The lowest BCUT2D eigenvalue weighted by molar-refractivity contribution is -0.468. The summed E-state index contributed by atoms with van der Waals surface area (Å²) in [7, 11) is 3.68. The van der Waals surface area contributed by atoms with Crippen LogP contribution in [0.1, 0.15) is 10.4 Å². The van der Waals surface area contributed by atoms with Crippen LogP contribution in [0.25, 0.3) is 0 Å². The van der Waals surface area contributed by atoms with Gasteiger partial charge in [0.25, 0.3) is 0 Å². The largest absolute Gasteiger partial charge is 0.442 e. The van der Waals surface area contributed by atoms with Crippen molar-refractivity contribution in [2.24, 2.45) is 0 Å². The van der Waals surface area contributed by atoms with Crippen molar-refractivity contribution in [2.75, 3.05) is 20.7 Å². The van der Waals surface area contributed by atoms with Crippen LogP contribution in [0, 0.1) is 0 Å². The summed E-state index contributed by atoms with van der Waals surface area (Å²) in [6, 6.07) is 9.11. The summed E-state index contributed by atoms with van der Waals surface area (Å²) in [5, 5.41) is 0. The number of hydrogen-bond donors (Lipinski definition) is 0. The number of Topliss-reactive ketones (excluding diaryl/α,β-unsaturated/α-hetero) is 1. The number of hydrogen-bond acceptors (Lipinski definition) is 2. The minimum Gasteiger partial charge on any atom is -0.442 e. The van der Waals surface area contributed by atoms with Gasteiger partial charge in [0.1, 0.15) is 14.1 Å². The summed E-state index contributed by atoms with van der Waals surface area (Å²) in [5.41, 5.74) is 0.680. The minimum absolute atomic E-state index is 0.0105. The van der Waals surface area contributed by atoms with E-state index in [0.29, 0.717) is 5.56 Å². The highest BCUT2D eigenvalue weighted by Gasteiger charge is 2.04. The van der Waals surface area contributed by atoms with Gasteiger partial charge >= 0.3 is 6.40 Å². The lowest BCUT2D eigenvalue weighted by Crippen LogP contribution is -2.11. The molecule has 1 aromatic rings. The van der Waals surface area contributed by atoms with Gasteiger partial charge in [-0.3, -0.25) is 4.79 Å². The monoisotopic (exact) mass is 192 g/mol. The standard InChI is InChI=1S/C11H14NO2/c1-12(2)9-14-8-11(13)10-6-4-3-5-7-10/h3-7,9H,8H2,1-2H3/q+1. The van der Waals surface area contributed by atoms with Crippen LogP contribution in [0.4, 0.5) is 0 Å². The maximum atomic E-state index is 11.5. The van der Waals surface area contributed by atoms with Crippen molar-refractivity contribution in [1.82, 2.24) is 0 Å². The number of carbonyl (C=O) groups is 1. The summed E-state index contributed by atoms with van der Waals surface area (Å²) >= 11 is 0. The molecule has 0 aromatic heterocycles. The molecule has 74 valence electrons. The summed E-state index contributed by atoms with van der Waals surface area (Å²) in [5.74, 6) is -0.0105. The predicted molar refractivity (Wildman–Crippen MR) is 54.9 cm³/mol. The second-order valence-corrected chi connectivity index (χ2v) is 3.17. The van der Waals surface area contributed by atoms with Crippen LogP contribution in [0.2, 0.25) is 0 Å². The zero-order chi connectivity index (χ0) is 10.4. The fourth-order valence-corrected chi connectivity index (χ4v) is 0.969. The van der Waals surface area contributed by atoms with Gasteiger partial charge in [0.15, 0.2) is 12.4 Å². The Morgan fingerprint density at radius 2 is 2.00 bits per heavy atom. The number of rotatable bonds is 4. The van der Waals surface area contributed by atoms with Crippen molar-refractivity contribution in [2.45, 2.75) is 0 Å². The molecule has 0 radical (unpaired) electrons. The van der Waals surface area contributed by atoms with Gasteiger partial charge in [0.05, 0.1) is 0 Å². The number of ketones is 1. The first-order valence-corrected chi connectivity index (χ1v) is 4.40. The van der Waals surface area contributed by atoms with Crippen LogP contribution >= 0.6 is 0 Å². The van der Waals surface area contributed by atoms with E-state index in [4.69, 9.17) is 4.74 Å². The van der Waals surface area contributed by atoms with Crippen molar-refractivity contribution in [1.29, 1.82) is 0 Å². The van der Waals surface area contributed by atoms with Gasteiger partial charge < -0.3 is 4.74 Å². The van der Waals surface area contributed by atoms with Crippen LogP contribution in [-0.4, -0.2) is 37.5 Å². The Labute approximate surface area is 83.6 Å². The molecule has 0 heterocycles. The Balaban J connectivity index is 2.48. The quantitative estimate of drug-likeness (QED) is 0.310. The Hall–Kier alpha value is -1.64. The topological polar surface area (TPSA) is 29.3 Å². The lowest BCUT2D eigenvalue weighted by Gasteiger charge is -1.98. The smallest absolute Gasteiger partial charge is 0.323 e. The van der Waals surface area contributed by atoms with Crippen LogP contribution in [-0.2, 0) is 4.74 Å². The van der Waals surface area contributed by atoms with E-state index < -0.39 is 0 Å². The van der Waals surface area contributed by atoms with Crippen molar-refractivity contribution >= 4 is 12.2 Å². The van der Waals surface area contributed by atoms with Gasteiger partial charge in [-0.1, -0.05) is 30.3 Å². The third kappa shape index (κ3) is 3.39. The molecule has 0 atom stereocenters. The number of benzene rings is 1. The summed E-state index contributed by atoms with van der Waals surface area (Å²) < 4.78 is 6.81. The van der Waals surface area contributed by atoms with E-state index in [1.165, 1.54) is 6.40 Å². The van der Waals surface area contributed by atoms with E-state index in [2.05, 4.69) is 0 Å². The van der Waals surface area contributed by atoms with E-state index >= 15 is 0 Å². The molecule has 0 fully saturated rings. The molecular formula is C11H14NO2+. The molecule has 0 saturated carbocycles. The normalized spacial score (nSPS) is 9.29. The maximum Gasteiger partial charge on any atom is 0.323 e. The third-order valence-electron chi connectivity index (χ3n) is 1.60. The Kier molecular flexibility index (Phi) is 3.85. The van der Waals surface area contributed by atoms with E-state index in [0.717, 1.165) is 0 Å². The van der Waals surface area contributed by atoms with E-state index in [1.807, 2.05) is 32.3 Å². The lowest BCUT2D eigenvalue weighted by atomic mass is 10.1. The minimum atomic E-state index is -0.0105. The van der Waals surface area contributed by atoms with Gasteiger partial charge in [-0.25, -0.2) is 4.58 Å². The first kappa shape index (κ1) is 10.4. The number of carbonyl (C=O) groups excluding carboxylic acids is 1. The second-order valence-electron chi connectivity index (χ2n) is 3.17. The SMILES string of the molecule is C[N+](C)=COCC(=O)c1ccccc1. The Morgan fingerprint density at radius 1 is 1.36 bits per heavy atom. The van der Waals surface area contributed by atoms with Crippen LogP contribution in [0.5, 0.6) is 0 Å². The van der Waals surface area contributed by atoms with Crippen LogP contribution in [0.3, 0.4) is 0 Å². The van der Waals surface area contributed by atoms with Crippen LogP contribution < -0.4 is 0 Å². The fraction of sp³-hybridized carbons (Fsp3) is 0.273. The summed E-state index contributed by atoms with van der Waals surface area (Å²) in [4.78, 5) is 11.5. The van der Waals surface area contributed by atoms with Gasteiger partial charge in [0, 0.05) is 5.56 Å². The highest BCUT2D eigenvalue weighted by molar-refractivity contribution is 5.97. The second kappa shape index (κ2) is 5.17. The van der Waals surface area contributed by atoms with Gasteiger partial charge in [0.2, 0.25) is 0 Å². The van der Waals surface area contributed by atoms with Crippen molar-refractivity contribution in [3.8, 4) is 0 Å². The molecule has 14 heavy (non-hydrogen) atoms. The zero-order valence-electron chi connectivity index (χ0n) is 8.43. The molecule has 1 aromatic carbocycles. The maximum absolute atomic E-state index is 11.5. The number of nitrogens with zero attached hydrogens (tertiary/aromatic N) is 1. The molecule has 0 spiro atoms. The fourth-order valence-electron chi connectivity index (χ4n) is 0.969. The molecule has 1 rings (SSSR count). The average Bonchev–Trinajstić information content (AvgIpc) is 2.18. The van der Waals surface area contributed by atoms with Crippen LogP contribution in [0.15, 0.2) is 30.3 Å². The summed E-state index contributed by atoms with van der Waals surface area (Å²) in [6.07, 6.45) is 1.51. The van der Waals surface area contributed by atoms with Gasteiger partial charge in [-0.15, -0.1) is 0 Å². The van der Waals surface area contributed by atoms with E-state index in [9.17, 15) is 4.79 Å². The van der Waals surface area contributed by atoms with Gasteiger partial charge in [-0.2, -0.15) is 0 Å². The van der Waals surface area contributed by atoms with E-state index in [-0.39, 0.29) is 12.4 Å². The molecule has 0 aliphatic rings. The Bertz CT molecular complexity index is 326. The molecule has 0 saturated heterocycles. The molecule has 0 aliphatic heterocycles. The molecule has 0 amide bonds. The molecule has 3 nitrogen and oxygen atoms in total. The molecule has 0 bridgehead atoms. The molecule has 0 unspecified atom stereocenters. The van der Waals surface area contributed by atoms with Crippen molar-refractivity contribution in [3.63, 3.8) is 0 Å². The van der Waals surface area contributed by atoms with Gasteiger partial charge in [-0.05, 0) is 0 Å². The molecule has 0 aliphatic carbocycles. The predicted octanol–water partition coefficient (Wildman–Crippen LogP) is 1.19. The highest BCUT2D eigenvalue weighted by Crippen LogP contribution is 1.99.